The fourth-order valence-corrected chi connectivity index (χ4v) is 4.71. The molecule has 9 nitrogen and oxygen atoms in total. The monoisotopic (exact) mass is 486 g/mol. The molecular formula is C24H26N2O7S. The number of benzene rings is 3. The van der Waals surface area contributed by atoms with E-state index in [-0.39, 0.29) is 4.90 Å². The van der Waals surface area contributed by atoms with Gasteiger partial charge in [0.05, 0.1) is 39.0 Å². The van der Waals surface area contributed by atoms with E-state index in [0.29, 0.717) is 34.4 Å². The number of nitrogens with one attached hydrogen (secondary N) is 1. The van der Waals surface area contributed by atoms with Crippen molar-refractivity contribution in [1.29, 1.82) is 0 Å². The molecule has 180 valence electrons. The van der Waals surface area contributed by atoms with Gasteiger partial charge in [-0.15, -0.1) is 0 Å². The third kappa shape index (κ3) is 5.34. The van der Waals surface area contributed by atoms with Gasteiger partial charge in [-0.3, -0.25) is 9.10 Å². The first kappa shape index (κ1) is 24.7. The van der Waals surface area contributed by atoms with E-state index in [1.807, 2.05) is 0 Å². The zero-order valence-corrected chi connectivity index (χ0v) is 20.1. The van der Waals surface area contributed by atoms with Crippen LogP contribution < -0.4 is 28.6 Å². The van der Waals surface area contributed by atoms with Crippen LogP contribution in [-0.4, -0.2) is 49.3 Å². The van der Waals surface area contributed by atoms with Crippen molar-refractivity contribution in [3.05, 3.63) is 66.7 Å². The number of carbonyl (C=O) groups excluding carboxylic acids is 1. The van der Waals surface area contributed by atoms with E-state index in [4.69, 9.17) is 18.9 Å². The van der Waals surface area contributed by atoms with E-state index in [1.165, 1.54) is 40.6 Å². The molecule has 0 fully saturated rings. The van der Waals surface area contributed by atoms with E-state index in [1.54, 1.807) is 54.6 Å². The molecule has 0 radical (unpaired) electrons. The van der Waals surface area contributed by atoms with Crippen LogP contribution in [0.5, 0.6) is 23.0 Å². The Morgan fingerprint density at radius 1 is 0.824 bits per heavy atom. The molecular weight excluding hydrogens is 460 g/mol. The van der Waals surface area contributed by atoms with E-state index >= 15 is 0 Å². The van der Waals surface area contributed by atoms with Crippen LogP contribution in [0.2, 0.25) is 0 Å². The quantitative estimate of drug-likeness (QED) is 0.467. The largest absolute Gasteiger partial charge is 0.497 e. The SMILES string of the molecule is COc1ccc(N(CC(=O)Nc2cc(OC)c(OC)c(OC)c2)S(=O)(=O)c2ccccc2)cc1. The molecule has 0 aliphatic carbocycles. The number of ether oxygens (including phenoxy) is 4. The summed E-state index contributed by atoms with van der Waals surface area (Å²) < 4.78 is 48.9. The van der Waals surface area contributed by atoms with Gasteiger partial charge in [-0.05, 0) is 36.4 Å². The number of rotatable bonds is 10. The van der Waals surface area contributed by atoms with Crippen LogP contribution in [0, 0.1) is 0 Å². The van der Waals surface area contributed by atoms with E-state index < -0.39 is 22.5 Å². The average Bonchev–Trinajstić information content (AvgIpc) is 2.87. The number of anilines is 2. The van der Waals surface area contributed by atoms with Crippen LogP contribution in [0.1, 0.15) is 0 Å². The van der Waals surface area contributed by atoms with Crippen molar-refractivity contribution >= 4 is 27.3 Å². The second-order valence-electron chi connectivity index (χ2n) is 6.98. The van der Waals surface area contributed by atoms with Crippen LogP contribution in [0.3, 0.4) is 0 Å². The lowest BCUT2D eigenvalue weighted by Crippen LogP contribution is -2.38. The Morgan fingerprint density at radius 2 is 1.41 bits per heavy atom. The van der Waals surface area contributed by atoms with Gasteiger partial charge in [-0.2, -0.15) is 0 Å². The topological polar surface area (TPSA) is 103 Å². The molecule has 0 atom stereocenters. The summed E-state index contributed by atoms with van der Waals surface area (Å²) in [6.45, 7) is -0.472. The van der Waals surface area contributed by atoms with Gasteiger partial charge in [0.2, 0.25) is 11.7 Å². The smallest absolute Gasteiger partial charge is 0.264 e. The third-order valence-electron chi connectivity index (χ3n) is 4.93. The Bertz CT molecular complexity index is 1200. The molecule has 0 unspecified atom stereocenters. The van der Waals surface area contributed by atoms with Crippen molar-refractivity contribution in [3.8, 4) is 23.0 Å². The summed E-state index contributed by atoms with van der Waals surface area (Å²) in [5, 5.41) is 2.70. The lowest BCUT2D eigenvalue weighted by Gasteiger charge is -2.24. The van der Waals surface area contributed by atoms with Gasteiger partial charge in [0.25, 0.3) is 10.0 Å². The number of sulfonamides is 1. The summed E-state index contributed by atoms with van der Waals surface area (Å²) in [5.74, 6) is 1.06. The van der Waals surface area contributed by atoms with Crippen LogP contribution >= 0.6 is 0 Å². The van der Waals surface area contributed by atoms with Gasteiger partial charge in [-0.25, -0.2) is 8.42 Å². The van der Waals surface area contributed by atoms with Gasteiger partial charge in [0, 0.05) is 17.8 Å². The summed E-state index contributed by atoms with van der Waals surface area (Å²) in [4.78, 5) is 13.1. The number of nitrogens with zero attached hydrogens (tertiary/aromatic N) is 1. The Kier molecular flexibility index (Phi) is 7.85. The molecule has 0 spiro atoms. The Morgan fingerprint density at radius 3 is 1.91 bits per heavy atom. The minimum absolute atomic E-state index is 0.0615. The molecule has 3 aromatic carbocycles. The number of methoxy groups -OCH3 is 4. The fraction of sp³-hybridized carbons (Fsp3) is 0.208. The average molecular weight is 487 g/mol. The molecule has 0 aromatic heterocycles. The highest BCUT2D eigenvalue weighted by atomic mass is 32.2. The molecule has 0 bridgehead atoms. The van der Waals surface area contributed by atoms with Crippen molar-refractivity contribution in [1.82, 2.24) is 0 Å². The molecule has 0 aliphatic rings. The Balaban J connectivity index is 1.94. The van der Waals surface area contributed by atoms with Crippen molar-refractivity contribution in [2.24, 2.45) is 0 Å². The molecule has 1 N–H and O–H groups in total. The maximum atomic E-state index is 13.4. The first-order valence-corrected chi connectivity index (χ1v) is 11.6. The number of hydrogen-bond donors (Lipinski definition) is 1. The highest BCUT2D eigenvalue weighted by Crippen LogP contribution is 2.40. The number of carbonyl (C=O) groups is 1. The first-order chi connectivity index (χ1) is 16.3. The first-order valence-electron chi connectivity index (χ1n) is 10.2. The predicted octanol–water partition coefficient (Wildman–Crippen LogP) is 3.56. The van der Waals surface area contributed by atoms with E-state index in [2.05, 4.69) is 5.32 Å². The van der Waals surface area contributed by atoms with Gasteiger partial charge < -0.3 is 24.3 Å². The maximum absolute atomic E-state index is 13.4. The van der Waals surface area contributed by atoms with Crippen molar-refractivity contribution in [3.63, 3.8) is 0 Å². The number of hydrogen-bond acceptors (Lipinski definition) is 7. The van der Waals surface area contributed by atoms with Crippen LogP contribution in [0.15, 0.2) is 71.6 Å². The van der Waals surface area contributed by atoms with Gasteiger partial charge in [0.1, 0.15) is 12.3 Å². The standard InChI is InChI=1S/C24H26N2O7S/c1-30-19-12-10-18(11-13-19)26(34(28,29)20-8-6-5-7-9-20)16-23(27)25-17-14-21(31-2)24(33-4)22(15-17)32-3/h5-15H,16H2,1-4H3,(H,25,27). The van der Waals surface area contributed by atoms with Crippen LogP contribution in [0.25, 0.3) is 0 Å². The molecule has 1 amide bonds. The van der Waals surface area contributed by atoms with E-state index in [0.717, 1.165) is 4.31 Å². The lowest BCUT2D eigenvalue weighted by molar-refractivity contribution is -0.114. The van der Waals surface area contributed by atoms with Gasteiger partial charge in [0.15, 0.2) is 11.5 Å². The predicted molar refractivity (Wildman–Crippen MR) is 129 cm³/mol. The van der Waals surface area contributed by atoms with E-state index in [9.17, 15) is 13.2 Å². The third-order valence-corrected chi connectivity index (χ3v) is 6.72. The molecule has 34 heavy (non-hydrogen) atoms. The number of amides is 1. The maximum Gasteiger partial charge on any atom is 0.264 e. The summed E-state index contributed by atoms with van der Waals surface area (Å²) in [5.41, 5.74) is 0.663. The van der Waals surface area contributed by atoms with Crippen molar-refractivity contribution in [2.45, 2.75) is 4.90 Å². The Hall–Kier alpha value is -3.92. The lowest BCUT2D eigenvalue weighted by atomic mass is 10.2. The normalized spacial score (nSPS) is 10.8. The van der Waals surface area contributed by atoms with Gasteiger partial charge in [-0.1, -0.05) is 18.2 Å². The highest BCUT2D eigenvalue weighted by Gasteiger charge is 2.27. The summed E-state index contributed by atoms with van der Waals surface area (Å²) in [7, 11) is 1.87. The molecule has 0 aliphatic heterocycles. The molecule has 10 heteroatoms. The van der Waals surface area contributed by atoms with Crippen LogP contribution in [0.4, 0.5) is 11.4 Å². The van der Waals surface area contributed by atoms with Crippen LogP contribution in [-0.2, 0) is 14.8 Å². The second kappa shape index (κ2) is 10.8. The van der Waals surface area contributed by atoms with Crippen molar-refractivity contribution < 1.29 is 32.2 Å². The zero-order chi connectivity index (χ0) is 24.7. The molecule has 0 saturated heterocycles. The Labute approximate surface area is 198 Å². The fourth-order valence-electron chi connectivity index (χ4n) is 3.27. The minimum Gasteiger partial charge on any atom is -0.497 e. The van der Waals surface area contributed by atoms with Gasteiger partial charge >= 0.3 is 0 Å². The highest BCUT2D eigenvalue weighted by molar-refractivity contribution is 7.92. The summed E-state index contributed by atoms with van der Waals surface area (Å²) in [6, 6.07) is 17.4. The molecule has 0 heterocycles. The zero-order valence-electron chi connectivity index (χ0n) is 19.3. The molecule has 3 aromatic rings. The summed E-state index contributed by atoms with van der Waals surface area (Å²) >= 11 is 0. The van der Waals surface area contributed by atoms with Crippen molar-refractivity contribution in [2.75, 3.05) is 44.6 Å². The minimum atomic E-state index is -4.04. The molecule has 3 rings (SSSR count). The summed E-state index contributed by atoms with van der Waals surface area (Å²) in [6.07, 6.45) is 0. The second-order valence-corrected chi connectivity index (χ2v) is 8.85. The molecule has 0 saturated carbocycles.